The molecule has 0 spiro atoms. The smallest absolute Gasteiger partial charge is 0.409 e. The lowest BCUT2D eigenvalue weighted by Crippen LogP contribution is -2.45. The van der Waals surface area contributed by atoms with E-state index in [-0.39, 0.29) is 0 Å². The van der Waals surface area contributed by atoms with Crippen molar-refractivity contribution in [3.05, 3.63) is 0 Å². The summed E-state index contributed by atoms with van der Waals surface area (Å²) in [4.78, 5) is 12.4. The Bertz CT molecular complexity index is 190. The van der Waals surface area contributed by atoms with Gasteiger partial charge in [0.2, 0.25) is 0 Å². The van der Waals surface area contributed by atoms with E-state index in [2.05, 4.69) is 10.1 Å². The number of nitrogens with zero attached hydrogens (tertiary/aromatic N) is 1. The van der Waals surface area contributed by atoms with Crippen LogP contribution in [-0.2, 0) is 4.74 Å². The van der Waals surface area contributed by atoms with Crippen molar-refractivity contribution in [1.82, 2.24) is 10.2 Å². The summed E-state index contributed by atoms with van der Waals surface area (Å²) in [6, 6.07) is 0. The van der Waals surface area contributed by atoms with Crippen LogP contribution in [0.4, 0.5) is 4.79 Å². The van der Waals surface area contributed by atoms with Crippen LogP contribution in [-0.4, -0.2) is 55.5 Å². The average Bonchev–Trinajstić information content (AvgIpc) is 2.50. The van der Waals surface area contributed by atoms with Crippen LogP contribution in [0.5, 0.6) is 0 Å². The van der Waals surface area contributed by atoms with Gasteiger partial charge >= 0.3 is 6.09 Å². The number of ether oxygens (including phenoxy) is 1. The van der Waals surface area contributed by atoms with Gasteiger partial charge in [0, 0.05) is 13.6 Å². The van der Waals surface area contributed by atoms with Gasteiger partial charge in [-0.1, -0.05) is 0 Å². The molecular weight excluding hydrogens is 172 g/mol. The molecule has 1 aliphatic heterocycles. The number of carbonyl (C=O) groups excluding carboxylic acids is 1. The highest BCUT2D eigenvalue weighted by Gasteiger charge is 2.33. The average molecular weight is 188 g/mol. The summed E-state index contributed by atoms with van der Waals surface area (Å²) in [7, 11) is 2.94. The van der Waals surface area contributed by atoms with E-state index in [1.807, 2.05) is 0 Å². The highest BCUT2D eigenvalue weighted by molar-refractivity contribution is 5.67. The summed E-state index contributed by atoms with van der Waals surface area (Å²) in [6.07, 6.45) is 0.259. The fraction of sp³-hybridized carbons (Fsp3) is 0.875. The largest absolute Gasteiger partial charge is 0.453 e. The minimum Gasteiger partial charge on any atom is -0.453 e. The normalized spacial score (nSPS) is 27.3. The molecule has 5 nitrogen and oxygen atoms in total. The van der Waals surface area contributed by atoms with E-state index in [1.54, 1.807) is 7.05 Å². The summed E-state index contributed by atoms with van der Waals surface area (Å²) in [5, 5.41) is 12.9. The summed E-state index contributed by atoms with van der Waals surface area (Å²) in [5.74, 6) is 0. The lowest BCUT2D eigenvalue weighted by Gasteiger charge is -2.26. The first kappa shape index (κ1) is 10.3. The van der Waals surface area contributed by atoms with E-state index in [9.17, 15) is 9.90 Å². The zero-order valence-electron chi connectivity index (χ0n) is 8.04. The first-order valence-corrected chi connectivity index (χ1v) is 4.29. The molecule has 1 fully saturated rings. The second-order valence-corrected chi connectivity index (χ2v) is 3.48. The number of rotatable bonds is 2. The van der Waals surface area contributed by atoms with Crippen LogP contribution in [0, 0.1) is 0 Å². The topological polar surface area (TPSA) is 61.8 Å². The number of methoxy groups -OCH3 is 1. The maximum atomic E-state index is 11.0. The van der Waals surface area contributed by atoms with Crippen molar-refractivity contribution in [2.75, 3.05) is 33.8 Å². The standard InChI is InChI=1S/C8H16N2O3/c1-10(7(11)13-2)6-8(12)3-4-9-5-8/h9,12H,3-6H2,1-2H3. The lowest BCUT2D eigenvalue weighted by atomic mass is 10.0. The van der Waals surface area contributed by atoms with E-state index in [4.69, 9.17) is 0 Å². The summed E-state index contributed by atoms with van der Waals surface area (Å²) < 4.78 is 4.52. The highest BCUT2D eigenvalue weighted by atomic mass is 16.5. The van der Waals surface area contributed by atoms with Crippen molar-refractivity contribution >= 4 is 6.09 Å². The Hall–Kier alpha value is -0.810. The molecule has 13 heavy (non-hydrogen) atoms. The first-order chi connectivity index (χ1) is 6.07. The molecule has 1 saturated heterocycles. The van der Waals surface area contributed by atoms with Gasteiger partial charge in [0.15, 0.2) is 0 Å². The third-order valence-electron chi connectivity index (χ3n) is 2.24. The van der Waals surface area contributed by atoms with Crippen LogP contribution < -0.4 is 5.32 Å². The van der Waals surface area contributed by atoms with Crippen LogP contribution in [0.25, 0.3) is 0 Å². The minimum absolute atomic E-state index is 0.312. The van der Waals surface area contributed by atoms with Crippen LogP contribution in [0.3, 0.4) is 0 Å². The Labute approximate surface area is 77.7 Å². The van der Waals surface area contributed by atoms with Gasteiger partial charge in [0.25, 0.3) is 0 Å². The van der Waals surface area contributed by atoms with Crippen LogP contribution in [0.15, 0.2) is 0 Å². The molecule has 1 rings (SSSR count). The first-order valence-electron chi connectivity index (χ1n) is 4.29. The molecule has 1 heterocycles. The van der Waals surface area contributed by atoms with Crippen molar-refractivity contribution < 1.29 is 14.6 Å². The Kier molecular flexibility index (Phi) is 3.11. The summed E-state index contributed by atoms with van der Waals surface area (Å²) in [6.45, 7) is 1.65. The second-order valence-electron chi connectivity index (χ2n) is 3.48. The van der Waals surface area contributed by atoms with Crippen molar-refractivity contribution in [3.63, 3.8) is 0 Å². The molecule has 1 unspecified atom stereocenters. The van der Waals surface area contributed by atoms with Gasteiger partial charge in [-0.25, -0.2) is 4.79 Å². The van der Waals surface area contributed by atoms with Gasteiger partial charge < -0.3 is 20.1 Å². The van der Waals surface area contributed by atoms with Gasteiger partial charge in [0.05, 0.1) is 19.3 Å². The lowest BCUT2D eigenvalue weighted by molar-refractivity contribution is 0.0265. The number of β-amino-alcohol motifs (C(OH)–C–C–N with tert-alkyl or cyclic N) is 1. The number of amides is 1. The Balaban J connectivity index is 2.42. The monoisotopic (exact) mass is 188 g/mol. The fourth-order valence-electron chi connectivity index (χ4n) is 1.53. The molecule has 1 atom stereocenters. The molecular formula is C8H16N2O3. The molecule has 0 saturated carbocycles. The third kappa shape index (κ3) is 2.57. The predicted octanol–water partition coefficient (Wildman–Crippen LogP) is -0.591. The van der Waals surface area contributed by atoms with Crippen molar-refractivity contribution in [1.29, 1.82) is 0 Å². The van der Waals surface area contributed by atoms with Crippen molar-refractivity contribution in [2.24, 2.45) is 0 Å². The number of likely N-dealkylation sites (N-methyl/N-ethyl adjacent to an activating group) is 1. The van der Waals surface area contributed by atoms with E-state index >= 15 is 0 Å². The Morgan fingerprint density at radius 1 is 1.77 bits per heavy atom. The Morgan fingerprint density at radius 2 is 2.46 bits per heavy atom. The SMILES string of the molecule is COC(=O)N(C)CC1(O)CCNC1. The van der Waals surface area contributed by atoms with Gasteiger partial charge in [-0.15, -0.1) is 0 Å². The number of nitrogens with one attached hydrogen (secondary N) is 1. The van der Waals surface area contributed by atoms with E-state index in [0.717, 1.165) is 6.54 Å². The second kappa shape index (κ2) is 3.93. The molecule has 0 aliphatic carbocycles. The van der Waals surface area contributed by atoms with Crippen LogP contribution in [0.1, 0.15) is 6.42 Å². The molecule has 2 N–H and O–H groups in total. The highest BCUT2D eigenvalue weighted by Crippen LogP contribution is 2.15. The molecule has 0 aromatic rings. The van der Waals surface area contributed by atoms with Gasteiger partial charge in [0.1, 0.15) is 0 Å². The number of carbonyl (C=O) groups is 1. The molecule has 76 valence electrons. The fourth-order valence-corrected chi connectivity index (χ4v) is 1.53. The zero-order valence-corrected chi connectivity index (χ0v) is 8.04. The number of hydrogen-bond acceptors (Lipinski definition) is 4. The molecule has 5 heteroatoms. The predicted molar refractivity (Wildman–Crippen MR) is 47.5 cm³/mol. The molecule has 0 bridgehead atoms. The van der Waals surface area contributed by atoms with Crippen LogP contribution >= 0.6 is 0 Å². The molecule has 1 amide bonds. The van der Waals surface area contributed by atoms with Crippen molar-refractivity contribution in [2.45, 2.75) is 12.0 Å². The maximum Gasteiger partial charge on any atom is 0.409 e. The molecule has 0 aromatic carbocycles. The van der Waals surface area contributed by atoms with Gasteiger partial charge in [-0.05, 0) is 13.0 Å². The summed E-state index contributed by atoms with van der Waals surface area (Å²) in [5.41, 5.74) is -0.789. The quantitative estimate of drug-likeness (QED) is 0.608. The van der Waals surface area contributed by atoms with Gasteiger partial charge in [-0.3, -0.25) is 0 Å². The molecule has 0 radical (unpaired) electrons. The third-order valence-corrected chi connectivity index (χ3v) is 2.24. The summed E-state index contributed by atoms with van der Waals surface area (Å²) >= 11 is 0. The zero-order chi connectivity index (χ0) is 9.90. The van der Waals surface area contributed by atoms with Crippen LogP contribution in [0.2, 0.25) is 0 Å². The number of aliphatic hydroxyl groups is 1. The van der Waals surface area contributed by atoms with E-state index < -0.39 is 11.7 Å². The maximum absolute atomic E-state index is 11.0. The molecule has 0 aromatic heterocycles. The Morgan fingerprint density at radius 3 is 2.92 bits per heavy atom. The van der Waals surface area contributed by atoms with Gasteiger partial charge in [-0.2, -0.15) is 0 Å². The van der Waals surface area contributed by atoms with E-state index in [0.29, 0.717) is 19.5 Å². The minimum atomic E-state index is -0.789. The number of hydrogen-bond donors (Lipinski definition) is 2. The molecule has 1 aliphatic rings. The van der Waals surface area contributed by atoms with Crippen molar-refractivity contribution in [3.8, 4) is 0 Å². The van der Waals surface area contributed by atoms with E-state index in [1.165, 1.54) is 12.0 Å².